The Kier molecular flexibility index (Phi) is 8.95. The number of fused-ring (bicyclic) bond motifs is 2. The molecule has 0 spiro atoms. The highest BCUT2D eigenvalue weighted by Gasteiger charge is 2.18. The molecule has 0 atom stereocenters. The third-order valence-electron chi connectivity index (χ3n) is 11.0. The lowest BCUT2D eigenvalue weighted by molar-refractivity contribution is 1.51. The third-order valence-corrected chi connectivity index (χ3v) is 11.0. The predicted octanol–water partition coefficient (Wildman–Crippen LogP) is 15.7. The zero-order valence-electron chi connectivity index (χ0n) is 31.4. The molecule has 268 valence electrons. The van der Waals surface area contributed by atoms with Gasteiger partial charge in [-0.15, -0.1) is 0 Å². The molecule has 0 saturated carbocycles. The molecule has 0 aliphatic rings. The molecule has 1 N–H and O–H groups in total. The van der Waals surface area contributed by atoms with Gasteiger partial charge in [0.25, 0.3) is 0 Å². The van der Waals surface area contributed by atoms with E-state index in [2.05, 4.69) is 236 Å². The Morgan fingerprint density at radius 2 is 0.456 bits per heavy atom. The molecule has 0 aliphatic heterocycles. The Morgan fingerprint density at radius 1 is 0.193 bits per heavy atom. The second-order valence-corrected chi connectivity index (χ2v) is 14.6. The van der Waals surface area contributed by atoms with Crippen LogP contribution in [0, 0.1) is 0 Å². The van der Waals surface area contributed by atoms with Crippen molar-refractivity contribution in [2.24, 2.45) is 0 Å². The van der Waals surface area contributed by atoms with Crippen LogP contribution in [-0.4, -0.2) is 0 Å². The van der Waals surface area contributed by atoms with Gasteiger partial charge in [0, 0.05) is 11.4 Å². The van der Waals surface area contributed by atoms with Crippen LogP contribution < -0.4 is 5.32 Å². The minimum absolute atomic E-state index is 1.03. The summed E-state index contributed by atoms with van der Waals surface area (Å²) in [5.74, 6) is 0. The monoisotopic (exact) mass is 725 g/mol. The standard InChI is InChI=1S/C56H39N/c1-5-17-39(18-6-1)51-33-43-25-13-15-27-45(43)35-55(51)49-31-29-47(37-53(49)41-21-9-3-10-22-41)57-48-30-32-50(54(38-48)42-23-11-4-12-24-42)56-36-46-28-16-14-26-44(46)34-52(56)40-19-7-2-8-20-40/h1-38,57H. The lowest BCUT2D eigenvalue weighted by Gasteiger charge is -2.19. The summed E-state index contributed by atoms with van der Waals surface area (Å²) < 4.78 is 0. The van der Waals surface area contributed by atoms with Gasteiger partial charge in [0.05, 0.1) is 0 Å². The molecule has 0 unspecified atom stereocenters. The summed E-state index contributed by atoms with van der Waals surface area (Å²) in [7, 11) is 0. The average Bonchev–Trinajstić information content (AvgIpc) is 3.29. The van der Waals surface area contributed by atoms with Crippen LogP contribution in [0.5, 0.6) is 0 Å². The molecule has 10 aromatic carbocycles. The highest BCUT2D eigenvalue weighted by molar-refractivity contribution is 6.02. The number of rotatable bonds is 8. The average molecular weight is 726 g/mol. The lowest BCUT2D eigenvalue weighted by Crippen LogP contribution is -1.96. The van der Waals surface area contributed by atoms with Gasteiger partial charge < -0.3 is 5.32 Å². The van der Waals surface area contributed by atoms with Crippen molar-refractivity contribution in [2.75, 3.05) is 5.32 Å². The molecule has 10 rings (SSSR count). The third kappa shape index (κ3) is 6.77. The summed E-state index contributed by atoms with van der Waals surface area (Å²) in [5.41, 5.74) is 16.4. The molecule has 1 nitrogen and oxygen atoms in total. The minimum Gasteiger partial charge on any atom is -0.355 e. The van der Waals surface area contributed by atoms with Crippen LogP contribution in [0.4, 0.5) is 11.4 Å². The van der Waals surface area contributed by atoms with Crippen molar-refractivity contribution in [3.63, 3.8) is 0 Å². The highest BCUT2D eigenvalue weighted by atomic mass is 14.9. The van der Waals surface area contributed by atoms with Crippen LogP contribution in [0.15, 0.2) is 231 Å². The van der Waals surface area contributed by atoms with Gasteiger partial charge in [-0.2, -0.15) is 0 Å². The van der Waals surface area contributed by atoms with E-state index in [9.17, 15) is 0 Å². The summed E-state index contributed by atoms with van der Waals surface area (Å²) in [5, 5.41) is 8.75. The topological polar surface area (TPSA) is 12.0 Å². The fraction of sp³-hybridized carbons (Fsp3) is 0. The van der Waals surface area contributed by atoms with Crippen molar-refractivity contribution in [2.45, 2.75) is 0 Å². The number of anilines is 2. The van der Waals surface area contributed by atoms with Crippen molar-refractivity contribution in [1.82, 2.24) is 0 Å². The maximum atomic E-state index is 3.83. The molecule has 1 heteroatoms. The molecular weight excluding hydrogens is 687 g/mol. The van der Waals surface area contributed by atoms with Crippen molar-refractivity contribution in [1.29, 1.82) is 0 Å². The van der Waals surface area contributed by atoms with E-state index in [4.69, 9.17) is 0 Å². The molecule has 0 radical (unpaired) electrons. The van der Waals surface area contributed by atoms with Gasteiger partial charge in [0.1, 0.15) is 0 Å². The smallest absolute Gasteiger partial charge is 0.0390 e. The summed E-state index contributed by atoms with van der Waals surface area (Å²) in [6.45, 7) is 0. The van der Waals surface area contributed by atoms with Gasteiger partial charge in [0.2, 0.25) is 0 Å². The molecule has 0 amide bonds. The van der Waals surface area contributed by atoms with E-state index in [1.54, 1.807) is 0 Å². The summed E-state index contributed by atoms with van der Waals surface area (Å²) >= 11 is 0. The van der Waals surface area contributed by atoms with Crippen LogP contribution in [0.1, 0.15) is 0 Å². The number of hydrogen-bond donors (Lipinski definition) is 1. The van der Waals surface area contributed by atoms with Gasteiger partial charge in [0.15, 0.2) is 0 Å². The SMILES string of the molecule is c1ccc(-c2cc(Nc3ccc(-c4cc5ccccc5cc4-c4ccccc4)c(-c4ccccc4)c3)ccc2-c2cc3ccccc3cc2-c2ccccc2)cc1. The van der Waals surface area contributed by atoms with E-state index >= 15 is 0 Å². The quantitative estimate of drug-likeness (QED) is 0.164. The Morgan fingerprint density at radius 3 is 0.772 bits per heavy atom. The summed E-state index contributed by atoms with van der Waals surface area (Å²) in [4.78, 5) is 0. The molecule has 0 fully saturated rings. The molecule has 0 aliphatic carbocycles. The van der Waals surface area contributed by atoms with Gasteiger partial charge in [-0.25, -0.2) is 0 Å². The van der Waals surface area contributed by atoms with E-state index in [0.717, 1.165) is 11.4 Å². The second-order valence-electron chi connectivity index (χ2n) is 14.6. The van der Waals surface area contributed by atoms with Crippen LogP contribution >= 0.6 is 0 Å². The molecule has 10 aromatic rings. The summed E-state index contributed by atoms with van der Waals surface area (Å²) in [6.07, 6.45) is 0. The van der Waals surface area contributed by atoms with Gasteiger partial charge in [-0.1, -0.05) is 182 Å². The van der Waals surface area contributed by atoms with Crippen molar-refractivity contribution in [3.8, 4) is 66.8 Å². The lowest BCUT2D eigenvalue weighted by atomic mass is 9.87. The van der Waals surface area contributed by atoms with Crippen LogP contribution in [0.2, 0.25) is 0 Å². The Labute approximate surface area is 334 Å². The first-order chi connectivity index (χ1) is 28.2. The molecule has 0 aromatic heterocycles. The number of hydrogen-bond acceptors (Lipinski definition) is 1. The van der Waals surface area contributed by atoms with Crippen LogP contribution in [-0.2, 0) is 0 Å². The predicted molar refractivity (Wildman–Crippen MR) is 244 cm³/mol. The van der Waals surface area contributed by atoms with Crippen molar-refractivity contribution in [3.05, 3.63) is 231 Å². The fourth-order valence-electron chi connectivity index (χ4n) is 8.23. The van der Waals surface area contributed by atoms with Gasteiger partial charge in [-0.05, 0) is 137 Å². The second kappa shape index (κ2) is 15.0. The molecule has 57 heavy (non-hydrogen) atoms. The van der Waals surface area contributed by atoms with Crippen LogP contribution in [0.25, 0.3) is 88.3 Å². The minimum atomic E-state index is 1.03. The van der Waals surface area contributed by atoms with Crippen LogP contribution in [0.3, 0.4) is 0 Å². The highest BCUT2D eigenvalue weighted by Crippen LogP contribution is 2.44. The van der Waals surface area contributed by atoms with E-state index in [1.165, 1.54) is 88.3 Å². The largest absolute Gasteiger partial charge is 0.355 e. The van der Waals surface area contributed by atoms with Gasteiger partial charge in [-0.3, -0.25) is 0 Å². The maximum absolute atomic E-state index is 3.83. The molecule has 0 saturated heterocycles. The maximum Gasteiger partial charge on any atom is 0.0390 e. The Bertz CT molecular complexity index is 2800. The molecule has 0 heterocycles. The first-order valence-electron chi connectivity index (χ1n) is 19.6. The number of benzene rings is 10. The number of nitrogens with one attached hydrogen (secondary N) is 1. The van der Waals surface area contributed by atoms with E-state index < -0.39 is 0 Å². The molecular formula is C56H39N. The fourth-order valence-corrected chi connectivity index (χ4v) is 8.23. The van der Waals surface area contributed by atoms with E-state index in [-0.39, 0.29) is 0 Å². The van der Waals surface area contributed by atoms with Crippen molar-refractivity contribution < 1.29 is 0 Å². The zero-order chi connectivity index (χ0) is 38.0. The summed E-state index contributed by atoms with van der Waals surface area (Å²) in [6, 6.07) is 83.3. The van der Waals surface area contributed by atoms with Gasteiger partial charge >= 0.3 is 0 Å². The van der Waals surface area contributed by atoms with E-state index in [0.29, 0.717) is 0 Å². The first kappa shape index (κ1) is 34.0. The Hall–Kier alpha value is -7.48. The first-order valence-corrected chi connectivity index (χ1v) is 19.6. The normalized spacial score (nSPS) is 11.2. The Balaban J connectivity index is 1.11. The zero-order valence-corrected chi connectivity index (χ0v) is 31.4. The van der Waals surface area contributed by atoms with E-state index in [1.807, 2.05) is 0 Å². The van der Waals surface area contributed by atoms with Crippen molar-refractivity contribution >= 4 is 32.9 Å². The molecule has 0 bridgehead atoms.